The van der Waals surface area contributed by atoms with Crippen molar-refractivity contribution in [3.05, 3.63) is 0 Å². The summed E-state index contributed by atoms with van der Waals surface area (Å²) < 4.78 is 4.82. The predicted molar refractivity (Wildman–Crippen MR) is 65.4 cm³/mol. The highest BCUT2D eigenvalue weighted by Gasteiger charge is 2.49. The minimum Gasteiger partial charge on any atom is -0.392 e. The van der Waals surface area contributed by atoms with Crippen LogP contribution in [0.5, 0.6) is 0 Å². The van der Waals surface area contributed by atoms with Gasteiger partial charge >= 0.3 is 0 Å². The number of hydrogen-bond donors (Lipinski definition) is 3. The molecular formula is C12H24N2O3. The fraction of sp³-hybridized carbons (Fsp3) is 0.917. The van der Waals surface area contributed by atoms with Crippen molar-refractivity contribution in [3.8, 4) is 0 Å². The highest BCUT2D eigenvalue weighted by atomic mass is 16.5. The van der Waals surface area contributed by atoms with Gasteiger partial charge in [-0.15, -0.1) is 0 Å². The van der Waals surface area contributed by atoms with Crippen LogP contribution in [0.15, 0.2) is 0 Å². The van der Waals surface area contributed by atoms with Gasteiger partial charge in [0.25, 0.3) is 0 Å². The Morgan fingerprint density at radius 1 is 1.53 bits per heavy atom. The van der Waals surface area contributed by atoms with Crippen molar-refractivity contribution in [1.29, 1.82) is 0 Å². The van der Waals surface area contributed by atoms with Crippen molar-refractivity contribution in [2.24, 2.45) is 17.1 Å². The average molecular weight is 244 g/mol. The van der Waals surface area contributed by atoms with Crippen LogP contribution in [0, 0.1) is 11.3 Å². The van der Waals surface area contributed by atoms with E-state index < -0.39 is 6.04 Å². The second-order valence-electron chi connectivity index (χ2n) is 5.33. The molecule has 1 fully saturated rings. The van der Waals surface area contributed by atoms with Gasteiger partial charge in [0, 0.05) is 19.1 Å². The van der Waals surface area contributed by atoms with Gasteiger partial charge in [-0.05, 0) is 18.8 Å². The van der Waals surface area contributed by atoms with Gasteiger partial charge in [-0.2, -0.15) is 0 Å². The van der Waals surface area contributed by atoms with Crippen LogP contribution < -0.4 is 11.1 Å². The van der Waals surface area contributed by atoms with Gasteiger partial charge in [-0.25, -0.2) is 0 Å². The predicted octanol–water partition coefficient (Wildman–Crippen LogP) is -0.127. The SMILES string of the molecule is COCC(N)C(=O)NCC1(C(O)C(C)C)CC1. The summed E-state index contributed by atoms with van der Waals surface area (Å²) in [6.07, 6.45) is 1.57. The van der Waals surface area contributed by atoms with E-state index in [2.05, 4.69) is 5.32 Å². The van der Waals surface area contributed by atoms with E-state index in [9.17, 15) is 9.90 Å². The number of carbonyl (C=O) groups excluding carboxylic acids is 1. The van der Waals surface area contributed by atoms with Crippen molar-refractivity contribution >= 4 is 5.91 Å². The molecule has 5 nitrogen and oxygen atoms in total. The zero-order valence-electron chi connectivity index (χ0n) is 10.9. The molecule has 5 heteroatoms. The van der Waals surface area contributed by atoms with Crippen molar-refractivity contribution in [3.63, 3.8) is 0 Å². The van der Waals surface area contributed by atoms with Crippen molar-refractivity contribution in [2.45, 2.75) is 38.8 Å². The van der Waals surface area contributed by atoms with Gasteiger partial charge in [0.15, 0.2) is 0 Å². The fourth-order valence-corrected chi connectivity index (χ4v) is 2.09. The highest BCUT2D eigenvalue weighted by molar-refractivity contribution is 5.81. The second-order valence-corrected chi connectivity index (χ2v) is 5.33. The maximum absolute atomic E-state index is 11.6. The summed E-state index contributed by atoms with van der Waals surface area (Å²) in [5, 5.41) is 12.9. The number of nitrogens with one attached hydrogen (secondary N) is 1. The Kier molecular flexibility index (Phi) is 4.91. The third-order valence-corrected chi connectivity index (χ3v) is 3.45. The molecular weight excluding hydrogens is 220 g/mol. The van der Waals surface area contributed by atoms with E-state index >= 15 is 0 Å². The second kappa shape index (κ2) is 5.80. The van der Waals surface area contributed by atoms with Gasteiger partial charge in [0.2, 0.25) is 5.91 Å². The molecule has 0 radical (unpaired) electrons. The normalized spacial score (nSPS) is 21.1. The summed E-state index contributed by atoms with van der Waals surface area (Å²) in [5.74, 6) is -0.00358. The number of aliphatic hydroxyl groups is 1. The Hall–Kier alpha value is -0.650. The third kappa shape index (κ3) is 3.66. The van der Waals surface area contributed by atoms with E-state index in [1.807, 2.05) is 13.8 Å². The number of carbonyl (C=O) groups is 1. The Morgan fingerprint density at radius 2 is 2.12 bits per heavy atom. The summed E-state index contributed by atoms with van der Waals surface area (Å²) in [6.45, 7) is 4.70. The van der Waals surface area contributed by atoms with Crippen LogP contribution in [0.1, 0.15) is 26.7 Å². The van der Waals surface area contributed by atoms with E-state index in [0.29, 0.717) is 6.54 Å². The highest BCUT2D eigenvalue weighted by Crippen LogP contribution is 2.50. The number of hydrogen-bond acceptors (Lipinski definition) is 4. The van der Waals surface area contributed by atoms with Gasteiger partial charge in [-0.1, -0.05) is 13.8 Å². The first kappa shape index (κ1) is 14.4. The molecule has 100 valence electrons. The molecule has 0 bridgehead atoms. The minimum atomic E-state index is -0.632. The molecule has 0 aromatic carbocycles. The smallest absolute Gasteiger partial charge is 0.239 e. The maximum Gasteiger partial charge on any atom is 0.239 e. The van der Waals surface area contributed by atoms with Gasteiger partial charge < -0.3 is 20.9 Å². The molecule has 1 rings (SSSR count). The number of rotatable bonds is 7. The lowest BCUT2D eigenvalue weighted by atomic mass is 9.90. The summed E-state index contributed by atoms with van der Waals surface area (Å²) >= 11 is 0. The van der Waals surface area contributed by atoms with Crippen molar-refractivity contribution < 1.29 is 14.6 Å². The summed E-state index contributed by atoms with van der Waals surface area (Å²) in [7, 11) is 1.51. The van der Waals surface area contributed by atoms with Gasteiger partial charge in [-0.3, -0.25) is 4.79 Å². The first-order valence-corrected chi connectivity index (χ1v) is 6.13. The molecule has 2 unspecified atom stereocenters. The number of amides is 1. The van der Waals surface area contributed by atoms with Crippen LogP contribution >= 0.6 is 0 Å². The van der Waals surface area contributed by atoms with Crippen molar-refractivity contribution in [1.82, 2.24) is 5.32 Å². The monoisotopic (exact) mass is 244 g/mol. The molecule has 4 N–H and O–H groups in total. The first-order valence-electron chi connectivity index (χ1n) is 6.13. The van der Waals surface area contributed by atoms with E-state index in [1.54, 1.807) is 0 Å². The lowest BCUT2D eigenvalue weighted by molar-refractivity contribution is -0.124. The molecule has 0 heterocycles. The van der Waals surface area contributed by atoms with Gasteiger partial charge in [0.1, 0.15) is 6.04 Å². The maximum atomic E-state index is 11.6. The molecule has 0 aromatic rings. The topological polar surface area (TPSA) is 84.6 Å². The first-order chi connectivity index (χ1) is 7.93. The van der Waals surface area contributed by atoms with Crippen LogP contribution in [-0.2, 0) is 9.53 Å². The van der Waals surface area contributed by atoms with Crippen LogP contribution in [0.25, 0.3) is 0 Å². The van der Waals surface area contributed by atoms with Gasteiger partial charge in [0.05, 0.1) is 12.7 Å². The zero-order chi connectivity index (χ0) is 13.1. The van der Waals surface area contributed by atoms with E-state index in [1.165, 1.54) is 7.11 Å². The molecule has 1 aliphatic carbocycles. The Labute approximate surface area is 103 Å². The quantitative estimate of drug-likeness (QED) is 0.582. The van der Waals surface area contributed by atoms with Crippen LogP contribution in [0.3, 0.4) is 0 Å². The lowest BCUT2D eigenvalue weighted by Gasteiger charge is -2.26. The average Bonchev–Trinajstić information content (AvgIpc) is 3.06. The number of methoxy groups -OCH3 is 1. The number of aliphatic hydroxyl groups excluding tert-OH is 1. The van der Waals surface area contributed by atoms with Crippen molar-refractivity contribution in [2.75, 3.05) is 20.3 Å². The molecule has 17 heavy (non-hydrogen) atoms. The van der Waals surface area contributed by atoms with Crippen LogP contribution in [0.4, 0.5) is 0 Å². The summed E-state index contributed by atoms with van der Waals surface area (Å²) in [6, 6.07) is -0.632. The fourth-order valence-electron chi connectivity index (χ4n) is 2.09. The summed E-state index contributed by atoms with van der Waals surface area (Å²) in [4.78, 5) is 11.6. The molecule has 2 atom stereocenters. The summed E-state index contributed by atoms with van der Waals surface area (Å²) in [5.41, 5.74) is 5.49. The molecule has 1 aliphatic rings. The molecule has 1 amide bonds. The third-order valence-electron chi connectivity index (χ3n) is 3.45. The standard InChI is InChI=1S/C12H24N2O3/c1-8(2)10(15)12(4-5-12)7-14-11(16)9(13)6-17-3/h8-10,15H,4-7,13H2,1-3H3,(H,14,16). The van der Waals surface area contributed by atoms with Crippen LogP contribution in [0.2, 0.25) is 0 Å². The minimum absolute atomic E-state index is 0.128. The van der Waals surface area contributed by atoms with E-state index in [4.69, 9.17) is 10.5 Å². The largest absolute Gasteiger partial charge is 0.392 e. The van der Waals surface area contributed by atoms with E-state index in [0.717, 1.165) is 12.8 Å². The molecule has 0 aliphatic heterocycles. The molecule has 1 saturated carbocycles. The Morgan fingerprint density at radius 3 is 2.53 bits per heavy atom. The van der Waals surface area contributed by atoms with E-state index in [-0.39, 0.29) is 30.0 Å². The molecule has 0 aromatic heterocycles. The van der Waals surface area contributed by atoms with Crippen LogP contribution in [-0.4, -0.2) is 43.4 Å². The lowest BCUT2D eigenvalue weighted by Crippen LogP contribution is -2.47. The number of nitrogens with two attached hydrogens (primary N) is 1. The molecule has 0 spiro atoms. The Balaban J connectivity index is 2.38. The Bertz CT molecular complexity index is 264. The zero-order valence-corrected chi connectivity index (χ0v) is 10.9. The number of ether oxygens (including phenoxy) is 1. The molecule has 0 saturated heterocycles.